The maximum absolute atomic E-state index is 13.2. The second-order valence-corrected chi connectivity index (χ2v) is 6.85. The number of benzene rings is 4. The van der Waals surface area contributed by atoms with Gasteiger partial charge in [-0.3, -0.25) is 0 Å². The Morgan fingerprint density at radius 1 is 0.679 bits per heavy atom. The van der Waals surface area contributed by atoms with Gasteiger partial charge in [-0.05, 0) is 49.6 Å². The number of aryl methyl sites for hydroxylation is 2. The van der Waals surface area contributed by atoms with Crippen molar-refractivity contribution in [1.82, 2.24) is 0 Å². The number of carbonyl (C=O) groups excluding carboxylic acids is 1. The van der Waals surface area contributed by atoms with Gasteiger partial charge in [-0.1, -0.05) is 71.8 Å². The van der Waals surface area contributed by atoms with E-state index in [1.165, 1.54) is 0 Å². The van der Waals surface area contributed by atoms with Crippen LogP contribution < -0.4 is 9.64 Å². The summed E-state index contributed by atoms with van der Waals surface area (Å²) in [4.78, 5) is 14.8. The molecular weight excluding hydrogens is 346 g/mol. The zero-order chi connectivity index (χ0) is 19.5. The van der Waals surface area contributed by atoms with Crippen LogP contribution in [-0.4, -0.2) is 6.09 Å². The van der Waals surface area contributed by atoms with Crippen LogP contribution in [0.5, 0.6) is 5.75 Å². The average molecular weight is 367 g/mol. The van der Waals surface area contributed by atoms with E-state index in [1.807, 2.05) is 105 Å². The number of anilines is 2. The van der Waals surface area contributed by atoms with Gasteiger partial charge in [0, 0.05) is 5.39 Å². The standard InChI is InChI=1S/C25H21NO2/c1-18-10-14-21(15-11-18)26(22-16-12-19(2)13-17-22)25(27)28-24-9-5-7-20-6-3-4-8-23(20)24/h3-17H,1-2H3. The van der Waals surface area contributed by atoms with E-state index in [9.17, 15) is 4.79 Å². The van der Waals surface area contributed by atoms with Crippen LogP contribution in [0.1, 0.15) is 11.1 Å². The number of fused-ring (bicyclic) bond motifs is 1. The first kappa shape index (κ1) is 17.8. The van der Waals surface area contributed by atoms with E-state index in [-0.39, 0.29) is 0 Å². The molecular formula is C25H21NO2. The maximum atomic E-state index is 13.2. The maximum Gasteiger partial charge on any atom is 0.424 e. The Labute approximate surface area is 164 Å². The lowest BCUT2D eigenvalue weighted by atomic mass is 10.1. The number of rotatable bonds is 3. The third-order valence-electron chi connectivity index (χ3n) is 4.71. The normalized spacial score (nSPS) is 10.6. The molecule has 0 aliphatic carbocycles. The van der Waals surface area contributed by atoms with Crippen molar-refractivity contribution in [2.45, 2.75) is 13.8 Å². The van der Waals surface area contributed by atoms with Crippen molar-refractivity contribution in [1.29, 1.82) is 0 Å². The van der Waals surface area contributed by atoms with Gasteiger partial charge in [0.25, 0.3) is 0 Å². The van der Waals surface area contributed by atoms with Crippen molar-refractivity contribution in [3.05, 3.63) is 102 Å². The summed E-state index contributed by atoms with van der Waals surface area (Å²) in [7, 11) is 0. The highest BCUT2D eigenvalue weighted by Gasteiger charge is 2.21. The lowest BCUT2D eigenvalue weighted by Gasteiger charge is -2.23. The van der Waals surface area contributed by atoms with Crippen molar-refractivity contribution < 1.29 is 9.53 Å². The zero-order valence-corrected chi connectivity index (χ0v) is 15.9. The number of carbonyl (C=O) groups is 1. The van der Waals surface area contributed by atoms with Gasteiger partial charge in [0.15, 0.2) is 0 Å². The van der Waals surface area contributed by atoms with Crippen LogP contribution in [0.25, 0.3) is 10.8 Å². The molecule has 0 saturated heterocycles. The second kappa shape index (κ2) is 7.57. The molecule has 138 valence electrons. The van der Waals surface area contributed by atoms with Crippen LogP contribution in [0.15, 0.2) is 91.0 Å². The van der Waals surface area contributed by atoms with Crippen LogP contribution in [0, 0.1) is 13.8 Å². The minimum absolute atomic E-state index is 0.441. The first-order valence-electron chi connectivity index (χ1n) is 9.25. The van der Waals surface area contributed by atoms with Crippen LogP contribution >= 0.6 is 0 Å². The summed E-state index contributed by atoms with van der Waals surface area (Å²) in [6.45, 7) is 4.04. The lowest BCUT2D eigenvalue weighted by molar-refractivity contribution is 0.211. The highest BCUT2D eigenvalue weighted by atomic mass is 16.6. The van der Waals surface area contributed by atoms with Crippen molar-refractivity contribution in [2.24, 2.45) is 0 Å². The number of amides is 1. The molecule has 0 aliphatic heterocycles. The van der Waals surface area contributed by atoms with Gasteiger partial charge in [0.2, 0.25) is 0 Å². The summed E-state index contributed by atoms with van der Waals surface area (Å²) in [5.41, 5.74) is 3.80. The minimum Gasteiger partial charge on any atom is -0.409 e. The molecule has 0 heterocycles. The summed E-state index contributed by atoms with van der Waals surface area (Å²) >= 11 is 0. The topological polar surface area (TPSA) is 29.5 Å². The molecule has 0 bridgehead atoms. The fourth-order valence-corrected chi connectivity index (χ4v) is 3.17. The summed E-state index contributed by atoms with van der Waals surface area (Å²) in [6, 6.07) is 29.3. The van der Waals surface area contributed by atoms with E-state index in [2.05, 4.69) is 0 Å². The molecule has 3 nitrogen and oxygen atoms in total. The summed E-state index contributed by atoms with van der Waals surface area (Å²) in [6.07, 6.45) is -0.441. The van der Waals surface area contributed by atoms with Crippen LogP contribution in [-0.2, 0) is 0 Å². The third-order valence-corrected chi connectivity index (χ3v) is 4.71. The smallest absolute Gasteiger partial charge is 0.409 e. The SMILES string of the molecule is Cc1ccc(N(C(=O)Oc2cccc3ccccc23)c2ccc(C)cc2)cc1. The number of hydrogen-bond acceptors (Lipinski definition) is 2. The van der Waals surface area contributed by atoms with E-state index in [4.69, 9.17) is 4.74 Å². The quantitative estimate of drug-likeness (QED) is 0.399. The molecule has 0 aromatic heterocycles. The molecule has 4 aromatic carbocycles. The third kappa shape index (κ3) is 3.60. The van der Waals surface area contributed by atoms with Gasteiger partial charge in [-0.2, -0.15) is 0 Å². The zero-order valence-electron chi connectivity index (χ0n) is 15.9. The second-order valence-electron chi connectivity index (χ2n) is 6.85. The summed E-state index contributed by atoms with van der Waals surface area (Å²) in [5, 5.41) is 1.94. The Kier molecular flexibility index (Phi) is 4.81. The highest BCUT2D eigenvalue weighted by Crippen LogP contribution is 2.30. The fourth-order valence-electron chi connectivity index (χ4n) is 3.17. The first-order valence-corrected chi connectivity index (χ1v) is 9.25. The van der Waals surface area contributed by atoms with Gasteiger partial charge in [0.1, 0.15) is 5.75 Å². The molecule has 3 heteroatoms. The Balaban J connectivity index is 1.74. The van der Waals surface area contributed by atoms with E-state index in [0.717, 1.165) is 33.3 Å². The molecule has 1 amide bonds. The predicted molar refractivity (Wildman–Crippen MR) is 114 cm³/mol. The van der Waals surface area contributed by atoms with Crippen LogP contribution in [0.2, 0.25) is 0 Å². The molecule has 0 spiro atoms. The van der Waals surface area contributed by atoms with Crippen molar-refractivity contribution in [3.8, 4) is 5.75 Å². The van der Waals surface area contributed by atoms with E-state index >= 15 is 0 Å². The summed E-state index contributed by atoms with van der Waals surface area (Å²) < 4.78 is 5.85. The molecule has 28 heavy (non-hydrogen) atoms. The monoisotopic (exact) mass is 367 g/mol. The Bertz CT molecular complexity index is 1060. The summed E-state index contributed by atoms with van der Waals surface area (Å²) in [5.74, 6) is 0.548. The van der Waals surface area contributed by atoms with Crippen molar-refractivity contribution >= 4 is 28.2 Å². The molecule has 0 unspecified atom stereocenters. The lowest BCUT2D eigenvalue weighted by Crippen LogP contribution is -2.29. The van der Waals surface area contributed by atoms with Gasteiger partial charge in [-0.25, -0.2) is 9.69 Å². The van der Waals surface area contributed by atoms with Crippen LogP contribution in [0.3, 0.4) is 0 Å². The molecule has 4 rings (SSSR count). The predicted octanol–water partition coefficient (Wildman–Crippen LogP) is 6.79. The Hall–Kier alpha value is -3.59. The number of nitrogens with zero attached hydrogens (tertiary/aromatic N) is 1. The molecule has 0 aliphatic rings. The van der Waals surface area contributed by atoms with Gasteiger partial charge < -0.3 is 4.74 Å². The molecule has 0 saturated carbocycles. The highest BCUT2D eigenvalue weighted by molar-refractivity contribution is 5.99. The molecule has 0 N–H and O–H groups in total. The number of ether oxygens (including phenoxy) is 1. The van der Waals surface area contributed by atoms with Crippen LogP contribution in [0.4, 0.5) is 16.2 Å². The van der Waals surface area contributed by atoms with Crippen molar-refractivity contribution in [2.75, 3.05) is 4.90 Å². The van der Waals surface area contributed by atoms with E-state index < -0.39 is 6.09 Å². The average Bonchev–Trinajstić information content (AvgIpc) is 2.71. The number of hydrogen-bond donors (Lipinski definition) is 0. The minimum atomic E-state index is -0.441. The Morgan fingerprint density at radius 2 is 1.21 bits per heavy atom. The van der Waals surface area contributed by atoms with Gasteiger partial charge in [0.05, 0.1) is 11.4 Å². The van der Waals surface area contributed by atoms with Gasteiger partial charge >= 0.3 is 6.09 Å². The fraction of sp³-hybridized carbons (Fsp3) is 0.0800. The molecule has 0 radical (unpaired) electrons. The molecule has 0 fully saturated rings. The molecule has 4 aromatic rings. The van der Waals surface area contributed by atoms with Gasteiger partial charge in [-0.15, -0.1) is 0 Å². The molecule has 0 atom stereocenters. The first-order chi connectivity index (χ1) is 13.6. The largest absolute Gasteiger partial charge is 0.424 e. The Morgan fingerprint density at radius 3 is 1.82 bits per heavy atom. The van der Waals surface area contributed by atoms with E-state index in [0.29, 0.717) is 5.75 Å². The van der Waals surface area contributed by atoms with E-state index in [1.54, 1.807) is 4.90 Å². The van der Waals surface area contributed by atoms with Crippen molar-refractivity contribution in [3.63, 3.8) is 0 Å².